The topological polar surface area (TPSA) is 45.3 Å². The van der Waals surface area contributed by atoms with E-state index < -0.39 is 0 Å². The van der Waals surface area contributed by atoms with Gasteiger partial charge in [0.15, 0.2) is 0 Å². The molecule has 0 spiro atoms. The Labute approximate surface area is 186 Å². The number of nitrogens with one attached hydrogen (secondary N) is 1. The number of carbonyl (C=O) groups is 1. The molecular weight excluding hydrogens is 404 g/mol. The summed E-state index contributed by atoms with van der Waals surface area (Å²) in [5.74, 6) is 0.706. The highest BCUT2D eigenvalue weighted by Gasteiger charge is 2.35. The fraction of sp³-hybridized carbons (Fsp3) is 0.192. The summed E-state index contributed by atoms with van der Waals surface area (Å²) in [6.07, 6.45) is 2.90. The molecule has 1 atom stereocenters. The van der Waals surface area contributed by atoms with E-state index in [1.54, 1.807) is 18.9 Å². The molecule has 0 saturated heterocycles. The molecule has 0 fully saturated rings. The summed E-state index contributed by atoms with van der Waals surface area (Å²) in [7, 11) is 1.62. The summed E-state index contributed by atoms with van der Waals surface area (Å²) in [5, 5.41) is 1.25. The number of amides is 1. The van der Waals surface area contributed by atoms with E-state index in [1.807, 2.05) is 35.2 Å². The predicted molar refractivity (Wildman–Crippen MR) is 126 cm³/mol. The van der Waals surface area contributed by atoms with Gasteiger partial charge in [-0.1, -0.05) is 36.4 Å². The van der Waals surface area contributed by atoms with Gasteiger partial charge in [-0.05, 0) is 60.2 Å². The zero-order chi connectivity index (χ0) is 21.4. The van der Waals surface area contributed by atoms with Crippen LogP contribution in [0.1, 0.15) is 33.2 Å². The van der Waals surface area contributed by atoms with Crippen molar-refractivity contribution in [2.75, 3.05) is 19.9 Å². The molecule has 5 rings (SSSR count). The number of nitrogens with zero attached hydrogens (tertiary/aromatic N) is 1. The first-order valence-corrected chi connectivity index (χ1v) is 11.6. The second-order valence-electron chi connectivity index (χ2n) is 7.72. The number of methoxy groups -OCH3 is 1. The van der Waals surface area contributed by atoms with Crippen molar-refractivity contribution in [3.63, 3.8) is 0 Å². The molecule has 1 aliphatic rings. The van der Waals surface area contributed by atoms with Crippen LogP contribution in [-0.2, 0) is 6.42 Å². The highest BCUT2D eigenvalue weighted by atomic mass is 32.2. The van der Waals surface area contributed by atoms with Crippen LogP contribution in [0.5, 0.6) is 5.75 Å². The molecule has 1 aliphatic heterocycles. The van der Waals surface area contributed by atoms with Crippen LogP contribution in [0, 0.1) is 0 Å². The van der Waals surface area contributed by atoms with Crippen molar-refractivity contribution < 1.29 is 9.53 Å². The average molecular weight is 429 g/mol. The molecular formula is C26H24N2O2S. The van der Waals surface area contributed by atoms with Crippen LogP contribution in [-0.4, -0.2) is 35.7 Å². The molecule has 2 heterocycles. The summed E-state index contributed by atoms with van der Waals surface area (Å²) in [6.45, 7) is 0.667. The minimum absolute atomic E-state index is 0.0159. The smallest absolute Gasteiger partial charge is 0.254 e. The van der Waals surface area contributed by atoms with E-state index >= 15 is 0 Å². The summed E-state index contributed by atoms with van der Waals surface area (Å²) in [4.78, 5) is 20.5. The monoisotopic (exact) mass is 428 g/mol. The maximum atomic E-state index is 13.7. The lowest BCUT2D eigenvalue weighted by molar-refractivity contribution is 0.0691. The van der Waals surface area contributed by atoms with Gasteiger partial charge in [-0.15, -0.1) is 11.8 Å². The van der Waals surface area contributed by atoms with Gasteiger partial charge in [0.1, 0.15) is 5.75 Å². The number of carbonyl (C=O) groups excluding carboxylic acids is 1. The van der Waals surface area contributed by atoms with Crippen molar-refractivity contribution in [1.82, 2.24) is 9.88 Å². The highest BCUT2D eigenvalue weighted by molar-refractivity contribution is 7.98. The van der Waals surface area contributed by atoms with Crippen LogP contribution in [0.25, 0.3) is 10.9 Å². The lowest BCUT2D eigenvalue weighted by Gasteiger charge is -2.36. The molecule has 4 aromatic rings. The number of H-pyrrole nitrogens is 1. The van der Waals surface area contributed by atoms with Crippen molar-refractivity contribution in [2.24, 2.45) is 0 Å². The Morgan fingerprint density at radius 3 is 2.65 bits per heavy atom. The minimum atomic E-state index is -0.161. The molecule has 0 saturated carbocycles. The van der Waals surface area contributed by atoms with Crippen molar-refractivity contribution in [3.05, 3.63) is 95.2 Å². The Morgan fingerprint density at radius 1 is 1.06 bits per heavy atom. The molecule has 0 bridgehead atoms. The zero-order valence-corrected chi connectivity index (χ0v) is 18.4. The normalized spacial score (nSPS) is 15.7. The zero-order valence-electron chi connectivity index (χ0n) is 17.6. The van der Waals surface area contributed by atoms with Crippen LogP contribution in [0.3, 0.4) is 0 Å². The van der Waals surface area contributed by atoms with Gasteiger partial charge in [-0.3, -0.25) is 4.79 Å². The van der Waals surface area contributed by atoms with E-state index in [0.29, 0.717) is 17.9 Å². The summed E-state index contributed by atoms with van der Waals surface area (Å²) in [5.41, 5.74) is 5.30. The van der Waals surface area contributed by atoms with Gasteiger partial charge in [0.05, 0.1) is 13.2 Å². The van der Waals surface area contributed by atoms with E-state index in [0.717, 1.165) is 23.2 Å². The molecule has 0 aliphatic carbocycles. The van der Waals surface area contributed by atoms with E-state index in [9.17, 15) is 4.79 Å². The van der Waals surface area contributed by atoms with Crippen LogP contribution >= 0.6 is 11.8 Å². The first-order valence-electron chi connectivity index (χ1n) is 10.4. The number of aromatic nitrogens is 1. The predicted octanol–water partition coefficient (Wildman–Crippen LogP) is 5.69. The standard InChI is InChI=1S/C26H24N2O2S/c1-30-19-7-5-6-18(16-19)26(29)28-15-14-22-21-8-3-4-9-23(21)27-24(22)25(28)17-10-12-20(31-2)13-11-17/h3-13,16,25,27H,14-15H2,1-2H3/t25-/m0/s1. The molecule has 4 nitrogen and oxygen atoms in total. The fourth-order valence-corrected chi connectivity index (χ4v) is 4.92. The third-order valence-corrected chi connectivity index (χ3v) is 6.79. The van der Waals surface area contributed by atoms with Crippen LogP contribution < -0.4 is 4.74 Å². The first kappa shape index (κ1) is 19.8. The van der Waals surface area contributed by atoms with Crippen molar-refractivity contribution in [3.8, 4) is 5.75 Å². The second kappa shape index (κ2) is 8.16. The second-order valence-corrected chi connectivity index (χ2v) is 8.60. The van der Waals surface area contributed by atoms with Gasteiger partial charge in [0.25, 0.3) is 5.91 Å². The van der Waals surface area contributed by atoms with Crippen LogP contribution in [0.2, 0.25) is 0 Å². The van der Waals surface area contributed by atoms with Crippen molar-refractivity contribution in [1.29, 1.82) is 0 Å². The number of hydrogen-bond donors (Lipinski definition) is 1. The van der Waals surface area contributed by atoms with Gasteiger partial charge in [-0.2, -0.15) is 0 Å². The van der Waals surface area contributed by atoms with Crippen LogP contribution in [0.15, 0.2) is 77.7 Å². The SMILES string of the molecule is COc1cccc(C(=O)N2CCc3c([nH]c4ccccc34)[C@@H]2c2ccc(SC)cc2)c1. The van der Waals surface area contributed by atoms with Crippen LogP contribution in [0.4, 0.5) is 0 Å². The number of benzene rings is 3. The summed E-state index contributed by atoms with van der Waals surface area (Å²) in [6, 6.07) is 24.2. The molecule has 0 radical (unpaired) electrons. The van der Waals surface area contributed by atoms with E-state index in [2.05, 4.69) is 53.7 Å². The summed E-state index contributed by atoms with van der Waals surface area (Å²) < 4.78 is 5.35. The van der Waals surface area contributed by atoms with E-state index in [-0.39, 0.29) is 11.9 Å². The Bertz CT molecular complexity index is 1250. The number of hydrogen-bond acceptors (Lipinski definition) is 3. The van der Waals surface area contributed by atoms with Gasteiger partial charge in [0.2, 0.25) is 0 Å². The number of thioether (sulfide) groups is 1. The lowest BCUT2D eigenvalue weighted by atomic mass is 9.91. The molecule has 0 unspecified atom stereocenters. The van der Waals surface area contributed by atoms with E-state index in [1.165, 1.54) is 15.8 Å². The number of rotatable bonds is 4. The lowest BCUT2D eigenvalue weighted by Crippen LogP contribution is -2.40. The van der Waals surface area contributed by atoms with Crippen molar-refractivity contribution >= 4 is 28.6 Å². The molecule has 1 amide bonds. The third kappa shape index (κ3) is 3.49. The minimum Gasteiger partial charge on any atom is -0.497 e. The van der Waals surface area contributed by atoms with Gasteiger partial charge in [-0.25, -0.2) is 0 Å². The molecule has 3 aromatic carbocycles. The maximum Gasteiger partial charge on any atom is 0.254 e. The molecule has 1 N–H and O–H groups in total. The number of aromatic amines is 1. The maximum absolute atomic E-state index is 13.7. The molecule has 5 heteroatoms. The third-order valence-electron chi connectivity index (χ3n) is 6.04. The molecule has 1 aromatic heterocycles. The molecule has 156 valence electrons. The van der Waals surface area contributed by atoms with E-state index in [4.69, 9.17) is 4.74 Å². The van der Waals surface area contributed by atoms with Gasteiger partial charge < -0.3 is 14.6 Å². The fourth-order valence-electron chi connectivity index (χ4n) is 4.51. The van der Waals surface area contributed by atoms with Gasteiger partial charge in [0, 0.05) is 33.6 Å². The van der Waals surface area contributed by atoms with Crippen molar-refractivity contribution in [2.45, 2.75) is 17.4 Å². The summed E-state index contributed by atoms with van der Waals surface area (Å²) >= 11 is 1.72. The highest BCUT2D eigenvalue weighted by Crippen LogP contribution is 2.39. The molecule has 31 heavy (non-hydrogen) atoms. The number of para-hydroxylation sites is 1. The average Bonchev–Trinajstić information content (AvgIpc) is 3.22. The number of fused-ring (bicyclic) bond motifs is 3. The Morgan fingerprint density at radius 2 is 1.87 bits per heavy atom. The quantitative estimate of drug-likeness (QED) is 0.425. The Balaban J connectivity index is 1.63. The Hall–Kier alpha value is -3.18. The number of ether oxygens (including phenoxy) is 1. The largest absolute Gasteiger partial charge is 0.497 e. The van der Waals surface area contributed by atoms with Gasteiger partial charge >= 0.3 is 0 Å². The Kier molecular flexibility index (Phi) is 5.20. The first-order chi connectivity index (χ1) is 15.2.